The molecule has 0 saturated heterocycles. The number of ether oxygens (including phenoxy) is 2. The van der Waals surface area contributed by atoms with E-state index in [9.17, 15) is 14.4 Å². The highest BCUT2D eigenvalue weighted by Gasteiger charge is 2.46. The summed E-state index contributed by atoms with van der Waals surface area (Å²) in [4.78, 5) is 39.9. The second-order valence-corrected chi connectivity index (χ2v) is 13.5. The van der Waals surface area contributed by atoms with Gasteiger partial charge in [0.2, 0.25) is 5.91 Å². The van der Waals surface area contributed by atoms with Crippen molar-refractivity contribution in [2.24, 2.45) is 0 Å². The number of fused-ring (bicyclic) bond motifs is 4. The molecule has 2 fully saturated rings. The molecule has 9 nitrogen and oxygen atoms in total. The molecule has 0 spiro atoms. The Morgan fingerprint density at radius 2 is 1.85 bits per heavy atom. The monoisotopic (exact) mass is 639 g/mol. The number of anilines is 1. The molecule has 0 atom stereocenters. The molecule has 3 aromatic rings. The van der Waals surface area contributed by atoms with Gasteiger partial charge in [-0.05, 0) is 85.4 Å². The zero-order chi connectivity index (χ0) is 31.8. The van der Waals surface area contributed by atoms with Crippen molar-refractivity contribution in [2.45, 2.75) is 69.2 Å². The van der Waals surface area contributed by atoms with Gasteiger partial charge in [-0.15, -0.1) is 0 Å². The molecule has 2 aliphatic heterocycles. The fourth-order valence-corrected chi connectivity index (χ4v) is 8.26. The molecule has 2 aromatic heterocycles. The van der Waals surface area contributed by atoms with Gasteiger partial charge in [0, 0.05) is 28.3 Å². The Labute approximate surface area is 271 Å². The molecule has 4 aliphatic rings. The molecular weight excluding hydrogens is 602 g/mol. The quantitative estimate of drug-likeness (QED) is 0.259. The van der Waals surface area contributed by atoms with Crippen LogP contribution in [0.5, 0.6) is 5.88 Å². The maximum atomic E-state index is 13.9. The van der Waals surface area contributed by atoms with Crippen LogP contribution >= 0.6 is 11.8 Å². The number of hydrogen-bond donors (Lipinski definition) is 3. The smallest absolute Gasteiger partial charge is 0.328 e. The predicted molar refractivity (Wildman–Crippen MR) is 179 cm³/mol. The normalized spacial score (nSPS) is 19.2. The molecule has 2 amide bonds. The first-order valence-electron chi connectivity index (χ1n) is 15.9. The number of rotatable bonds is 8. The number of benzene rings is 1. The SMILES string of the molecule is COc1ccc2c(C3CCCCC3)c3c(n12)=COCC1=C3SC(C(=O)NC2(C(=O)Nc3ccc(C=CC(=O)O)cc3)CCC2)=CC1. The fraction of sp³-hybridized carbons (Fsp3) is 0.361. The molecule has 1 aromatic carbocycles. The zero-order valence-electron chi connectivity index (χ0n) is 25.8. The van der Waals surface area contributed by atoms with E-state index in [1.54, 1.807) is 31.4 Å². The van der Waals surface area contributed by atoms with Crippen molar-refractivity contribution in [2.75, 3.05) is 19.0 Å². The van der Waals surface area contributed by atoms with E-state index in [1.165, 1.54) is 42.7 Å². The number of amides is 2. The molecular formula is C36H37N3O6S. The Bertz CT molecular complexity index is 1860. The highest BCUT2D eigenvalue weighted by atomic mass is 32.2. The molecule has 0 unspecified atom stereocenters. The van der Waals surface area contributed by atoms with Gasteiger partial charge in [-0.25, -0.2) is 4.79 Å². The number of methoxy groups -OCH3 is 1. The summed E-state index contributed by atoms with van der Waals surface area (Å²) >= 11 is 1.48. The second kappa shape index (κ2) is 12.4. The van der Waals surface area contributed by atoms with Crippen LogP contribution in [-0.4, -0.2) is 46.5 Å². The lowest BCUT2D eigenvalue weighted by Crippen LogP contribution is -2.61. The van der Waals surface area contributed by atoms with Crippen LogP contribution < -0.4 is 20.7 Å². The van der Waals surface area contributed by atoms with Crippen LogP contribution in [0.15, 0.2) is 59.0 Å². The highest BCUT2D eigenvalue weighted by molar-refractivity contribution is 8.12. The Morgan fingerprint density at radius 3 is 2.54 bits per heavy atom. The van der Waals surface area contributed by atoms with Gasteiger partial charge in [-0.3, -0.25) is 14.0 Å². The molecule has 3 N–H and O–H groups in total. The molecule has 2 saturated carbocycles. The molecule has 238 valence electrons. The Kier molecular flexibility index (Phi) is 8.15. The highest BCUT2D eigenvalue weighted by Crippen LogP contribution is 2.48. The van der Waals surface area contributed by atoms with Crippen molar-refractivity contribution in [3.05, 3.63) is 81.1 Å². The second-order valence-electron chi connectivity index (χ2n) is 12.5. The number of aromatic nitrogens is 1. The topological polar surface area (TPSA) is 118 Å². The van der Waals surface area contributed by atoms with Crippen LogP contribution in [0.25, 0.3) is 22.8 Å². The molecule has 10 heteroatoms. The Balaban J connectivity index is 1.13. The van der Waals surface area contributed by atoms with Gasteiger partial charge in [0.05, 0.1) is 22.9 Å². The van der Waals surface area contributed by atoms with E-state index in [0.29, 0.717) is 47.9 Å². The minimum Gasteiger partial charge on any atom is -0.495 e. The molecule has 7 rings (SSSR count). The van der Waals surface area contributed by atoms with Gasteiger partial charge in [-0.2, -0.15) is 0 Å². The fourth-order valence-electron chi connectivity index (χ4n) is 7.13. The third-order valence-electron chi connectivity index (χ3n) is 9.66. The lowest BCUT2D eigenvalue weighted by atomic mass is 9.75. The summed E-state index contributed by atoms with van der Waals surface area (Å²) in [7, 11) is 1.69. The molecule has 0 radical (unpaired) electrons. The van der Waals surface area contributed by atoms with Crippen LogP contribution in [0.1, 0.15) is 80.4 Å². The minimum absolute atomic E-state index is 0.244. The molecule has 0 bridgehead atoms. The van der Waals surface area contributed by atoms with Crippen molar-refractivity contribution in [1.82, 2.24) is 9.72 Å². The largest absolute Gasteiger partial charge is 0.495 e. The first kappa shape index (κ1) is 30.2. The number of carboxylic acid groups (broad SMARTS) is 1. The van der Waals surface area contributed by atoms with Gasteiger partial charge in [0.25, 0.3) is 5.91 Å². The summed E-state index contributed by atoms with van der Waals surface area (Å²) in [5.41, 5.74) is 5.06. The first-order chi connectivity index (χ1) is 22.4. The van der Waals surface area contributed by atoms with Crippen molar-refractivity contribution < 1.29 is 29.0 Å². The lowest BCUT2D eigenvalue weighted by Gasteiger charge is -2.41. The first-order valence-corrected chi connectivity index (χ1v) is 16.8. The summed E-state index contributed by atoms with van der Waals surface area (Å²) in [6.45, 7) is 0.453. The Morgan fingerprint density at radius 1 is 1.07 bits per heavy atom. The van der Waals surface area contributed by atoms with Crippen LogP contribution in [0, 0.1) is 0 Å². The molecule has 46 heavy (non-hydrogen) atoms. The van der Waals surface area contributed by atoms with E-state index >= 15 is 0 Å². The number of nitrogens with one attached hydrogen (secondary N) is 2. The van der Waals surface area contributed by atoms with Crippen molar-refractivity contribution in [1.29, 1.82) is 0 Å². The lowest BCUT2D eigenvalue weighted by molar-refractivity contribution is -0.131. The Hall–Kier alpha value is -4.44. The summed E-state index contributed by atoms with van der Waals surface area (Å²) in [5, 5.41) is 15.9. The number of allylic oxidation sites excluding steroid dienone is 1. The van der Waals surface area contributed by atoms with E-state index in [0.717, 1.165) is 58.1 Å². The average Bonchev–Trinajstić information content (AvgIpc) is 3.55. The van der Waals surface area contributed by atoms with E-state index in [2.05, 4.69) is 21.1 Å². The summed E-state index contributed by atoms with van der Waals surface area (Å²) in [6, 6.07) is 11.1. The van der Waals surface area contributed by atoms with Gasteiger partial charge >= 0.3 is 5.97 Å². The maximum absolute atomic E-state index is 13.9. The maximum Gasteiger partial charge on any atom is 0.328 e. The van der Waals surface area contributed by atoms with Crippen LogP contribution in [0.2, 0.25) is 0 Å². The zero-order valence-corrected chi connectivity index (χ0v) is 26.6. The third-order valence-corrected chi connectivity index (χ3v) is 10.9. The summed E-state index contributed by atoms with van der Waals surface area (Å²) < 4.78 is 14.0. The predicted octanol–water partition coefficient (Wildman–Crippen LogP) is 5.99. The van der Waals surface area contributed by atoms with Gasteiger partial charge in [0.1, 0.15) is 18.4 Å². The van der Waals surface area contributed by atoms with E-state index in [-0.39, 0.29) is 11.8 Å². The number of carbonyl (C=O) groups is 3. The molecule has 4 heterocycles. The van der Waals surface area contributed by atoms with E-state index in [1.807, 2.05) is 18.4 Å². The van der Waals surface area contributed by atoms with Crippen LogP contribution in [-0.2, 0) is 19.1 Å². The van der Waals surface area contributed by atoms with Crippen LogP contribution in [0.3, 0.4) is 0 Å². The summed E-state index contributed by atoms with van der Waals surface area (Å²) in [5.74, 6) is -0.336. The summed E-state index contributed by atoms with van der Waals surface area (Å²) in [6.07, 6.45) is 14.9. The third kappa shape index (κ3) is 5.48. The van der Waals surface area contributed by atoms with Crippen molar-refractivity contribution >= 4 is 58.0 Å². The molecule has 2 aliphatic carbocycles. The minimum atomic E-state index is -1.03. The van der Waals surface area contributed by atoms with E-state index in [4.69, 9.17) is 14.6 Å². The van der Waals surface area contributed by atoms with Crippen LogP contribution in [0.4, 0.5) is 5.69 Å². The number of carbonyl (C=O) groups excluding carboxylic acids is 2. The van der Waals surface area contributed by atoms with Gasteiger partial charge in [-0.1, -0.05) is 49.2 Å². The number of thioether (sulfide) groups is 1. The number of nitrogens with zero attached hydrogens (tertiary/aromatic N) is 1. The van der Waals surface area contributed by atoms with E-state index < -0.39 is 11.5 Å². The standard InChI is InChI=1S/C36H37N3O6S/c1-44-29-16-14-26-31(23-6-3-2-4-7-23)32-27(39(26)29)21-45-20-24-11-15-28(46-33(24)32)34(42)38-36(18-5-19-36)35(43)37-25-12-8-22(9-13-25)10-17-30(40)41/h8-10,12-17,21,23H,2-7,11,18-20H2,1H3,(H,37,43)(H,38,42)(H,40,41). The average molecular weight is 640 g/mol. The van der Waals surface area contributed by atoms with Gasteiger partial charge in [0.15, 0.2) is 5.88 Å². The number of hydrogen-bond acceptors (Lipinski definition) is 6. The van der Waals surface area contributed by atoms with Gasteiger partial charge < -0.3 is 25.2 Å². The van der Waals surface area contributed by atoms with Crippen molar-refractivity contribution in [3.63, 3.8) is 0 Å². The number of aliphatic carboxylic acids is 1. The van der Waals surface area contributed by atoms with Crippen molar-refractivity contribution in [3.8, 4) is 5.88 Å². The number of carboxylic acids is 1.